The van der Waals surface area contributed by atoms with E-state index >= 15 is 0 Å². The highest BCUT2D eigenvalue weighted by atomic mass is 16.5. The summed E-state index contributed by atoms with van der Waals surface area (Å²) >= 11 is 0. The van der Waals surface area contributed by atoms with E-state index in [4.69, 9.17) is 4.74 Å². The molecule has 0 aromatic rings. The van der Waals surface area contributed by atoms with Gasteiger partial charge in [-0.3, -0.25) is 4.79 Å². The Hall–Kier alpha value is -1.58. The summed E-state index contributed by atoms with van der Waals surface area (Å²) in [6, 6.07) is 0. The summed E-state index contributed by atoms with van der Waals surface area (Å²) in [4.78, 5) is 25.1. The van der Waals surface area contributed by atoms with Crippen molar-refractivity contribution in [2.75, 3.05) is 0 Å². The first-order valence-electron chi connectivity index (χ1n) is 11.3. The number of carbonyl (C=O) groups is 2. The highest BCUT2D eigenvalue weighted by molar-refractivity contribution is 5.88. The van der Waals surface area contributed by atoms with Gasteiger partial charge in [0.25, 0.3) is 0 Å². The van der Waals surface area contributed by atoms with Crippen LogP contribution in [-0.2, 0) is 14.3 Å². The number of fused-ring (bicyclic) bond motifs is 3. The fourth-order valence-corrected chi connectivity index (χ4v) is 7.84. The van der Waals surface area contributed by atoms with Gasteiger partial charge in [-0.15, -0.1) is 0 Å². The molecule has 7 atom stereocenters. The molecule has 4 nitrogen and oxygen atoms in total. The lowest BCUT2D eigenvalue weighted by atomic mass is 9.40. The lowest BCUT2D eigenvalue weighted by molar-refractivity contribution is -0.210. The lowest BCUT2D eigenvalue weighted by Gasteiger charge is -2.64. The van der Waals surface area contributed by atoms with Gasteiger partial charge in [0.1, 0.15) is 11.5 Å². The summed E-state index contributed by atoms with van der Waals surface area (Å²) < 4.78 is 5.82. The zero-order valence-corrected chi connectivity index (χ0v) is 18.6. The van der Waals surface area contributed by atoms with Crippen LogP contribution >= 0.6 is 0 Å². The molecule has 4 aliphatic rings. The second-order valence-electron chi connectivity index (χ2n) is 11.1. The predicted molar refractivity (Wildman–Crippen MR) is 112 cm³/mol. The van der Waals surface area contributed by atoms with Gasteiger partial charge >= 0.3 is 11.9 Å². The van der Waals surface area contributed by atoms with Gasteiger partial charge in [-0.2, -0.15) is 0 Å². The van der Waals surface area contributed by atoms with E-state index in [1.165, 1.54) is 19.3 Å². The Morgan fingerprint density at radius 1 is 1.03 bits per heavy atom. The summed E-state index contributed by atoms with van der Waals surface area (Å²) in [6.45, 7) is 10.1. The molecule has 2 bridgehead atoms. The molecule has 4 rings (SSSR count). The smallest absolute Gasteiger partial charge is 0.333 e. The van der Waals surface area contributed by atoms with E-state index in [0.717, 1.165) is 19.3 Å². The molecule has 1 N–H and O–H groups in total. The number of hydrogen-bond donors (Lipinski definition) is 1. The van der Waals surface area contributed by atoms with Crippen molar-refractivity contribution in [2.45, 2.75) is 85.7 Å². The third-order valence-corrected chi connectivity index (χ3v) is 9.54. The molecule has 0 saturated heterocycles. The van der Waals surface area contributed by atoms with Gasteiger partial charge in [-0.25, -0.2) is 4.79 Å². The van der Waals surface area contributed by atoms with Crippen LogP contribution in [0.2, 0.25) is 0 Å². The molecule has 160 valence electrons. The molecular formula is C25H36O4. The van der Waals surface area contributed by atoms with E-state index in [2.05, 4.69) is 26.0 Å². The lowest BCUT2D eigenvalue weighted by Crippen LogP contribution is -2.63. The third-order valence-electron chi connectivity index (χ3n) is 9.54. The Labute approximate surface area is 174 Å². The van der Waals surface area contributed by atoms with Crippen LogP contribution in [0.15, 0.2) is 23.8 Å². The summed E-state index contributed by atoms with van der Waals surface area (Å²) in [5.74, 6) is -0.650. The molecule has 4 heteroatoms. The zero-order valence-electron chi connectivity index (χ0n) is 18.6. The van der Waals surface area contributed by atoms with Crippen molar-refractivity contribution >= 4 is 11.9 Å². The van der Waals surface area contributed by atoms with Crippen LogP contribution < -0.4 is 0 Å². The number of hydrogen-bond acceptors (Lipinski definition) is 3. The topological polar surface area (TPSA) is 63.6 Å². The molecule has 4 aliphatic carbocycles. The third kappa shape index (κ3) is 2.77. The standard InChI is InChI=1S/C25H36O4/c1-6-16(2)20(26)29-19-9-11-23(4)17(24(19,5)21(27)28)8-12-25-14-13-22(3,15-25)10-7-18(23)25/h6,13-14,17-19H,7-12,15H2,1-5H3,(H,27,28)/b16-6+/t17-,18+,19+,22+,23+,24-,25-/m0/s1. The number of esters is 1. The molecule has 0 aromatic heterocycles. The average molecular weight is 401 g/mol. The Balaban J connectivity index is 1.68. The monoisotopic (exact) mass is 400 g/mol. The fraction of sp³-hybridized carbons (Fsp3) is 0.760. The normalized spacial score (nSPS) is 48.6. The van der Waals surface area contributed by atoms with E-state index in [1.807, 2.05) is 6.92 Å². The van der Waals surface area contributed by atoms with Crippen LogP contribution in [0.3, 0.4) is 0 Å². The van der Waals surface area contributed by atoms with E-state index < -0.39 is 17.5 Å². The maximum Gasteiger partial charge on any atom is 0.333 e. The molecule has 3 fully saturated rings. The van der Waals surface area contributed by atoms with Crippen molar-refractivity contribution in [3.63, 3.8) is 0 Å². The summed E-state index contributed by atoms with van der Waals surface area (Å²) in [5.41, 5.74) is 0.0349. The number of carboxylic acid groups (broad SMARTS) is 1. The van der Waals surface area contributed by atoms with Gasteiger partial charge in [-0.05, 0) is 93.8 Å². The summed E-state index contributed by atoms with van der Waals surface area (Å²) in [7, 11) is 0. The van der Waals surface area contributed by atoms with Crippen molar-refractivity contribution in [3.8, 4) is 0 Å². The van der Waals surface area contributed by atoms with Crippen molar-refractivity contribution in [1.82, 2.24) is 0 Å². The van der Waals surface area contributed by atoms with E-state index in [-0.39, 0.29) is 22.7 Å². The summed E-state index contributed by atoms with van der Waals surface area (Å²) in [5, 5.41) is 10.4. The Morgan fingerprint density at radius 2 is 1.72 bits per heavy atom. The highest BCUT2D eigenvalue weighted by Crippen LogP contribution is 2.72. The molecule has 0 unspecified atom stereocenters. The zero-order chi connectivity index (χ0) is 21.2. The first-order chi connectivity index (χ1) is 13.5. The van der Waals surface area contributed by atoms with E-state index in [1.54, 1.807) is 19.9 Å². The minimum Gasteiger partial charge on any atom is -0.481 e. The van der Waals surface area contributed by atoms with Crippen LogP contribution in [-0.4, -0.2) is 23.1 Å². The van der Waals surface area contributed by atoms with E-state index in [0.29, 0.717) is 23.3 Å². The van der Waals surface area contributed by atoms with E-state index in [9.17, 15) is 14.7 Å². The van der Waals surface area contributed by atoms with Gasteiger partial charge in [-0.1, -0.05) is 32.1 Å². The number of ether oxygens (including phenoxy) is 1. The maximum atomic E-state index is 12.7. The van der Waals surface area contributed by atoms with Crippen LogP contribution in [0.4, 0.5) is 0 Å². The second kappa shape index (κ2) is 6.46. The number of carbonyl (C=O) groups excluding carboxylic acids is 1. The highest BCUT2D eigenvalue weighted by Gasteiger charge is 2.67. The van der Waals surface area contributed by atoms with Crippen molar-refractivity contribution in [3.05, 3.63) is 23.8 Å². The molecule has 0 aromatic carbocycles. The SMILES string of the molecule is C/C=C(\C)C(=O)O[C@@H]1CC[C@@]2(C)[C@H]3CC[C@]4(C)C=C[C@@]3(CC[C@@H]2[C@]1(C)C(=O)O)C4. The first kappa shape index (κ1) is 20.7. The van der Waals surface area contributed by atoms with Gasteiger partial charge < -0.3 is 9.84 Å². The quantitative estimate of drug-likeness (QED) is 0.384. The molecule has 1 spiro atoms. The minimum absolute atomic E-state index is 0.0268. The van der Waals surface area contributed by atoms with Gasteiger partial charge in [0, 0.05) is 5.57 Å². The Kier molecular flexibility index (Phi) is 4.61. The molecule has 0 radical (unpaired) electrons. The van der Waals surface area contributed by atoms with Crippen LogP contribution in [0.25, 0.3) is 0 Å². The number of allylic oxidation sites excluding steroid dienone is 3. The fourth-order valence-electron chi connectivity index (χ4n) is 7.84. The van der Waals surface area contributed by atoms with Gasteiger partial charge in [0.15, 0.2) is 0 Å². The van der Waals surface area contributed by atoms with Gasteiger partial charge in [0.2, 0.25) is 0 Å². The molecule has 0 heterocycles. The average Bonchev–Trinajstić information content (AvgIpc) is 2.92. The predicted octanol–water partition coefficient (Wildman–Crippen LogP) is 5.53. The Morgan fingerprint density at radius 3 is 2.38 bits per heavy atom. The maximum absolute atomic E-state index is 12.7. The largest absolute Gasteiger partial charge is 0.481 e. The molecule has 29 heavy (non-hydrogen) atoms. The minimum atomic E-state index is -1.04. The van der Waals surface area contributed by atoms with Crippen LogP contribution in [0.1, 0.15) is 79.6 Å². The van der Waals surface area contributed by atoms with Crippen LogP contribution in [0, 0.1) is 33.5 Å². The van der Waals surface area contributed by atoms with Gasteiger partial charge in [0.05, 0.1) is 0 Å². The van der Waals surface area contributed by atoms with Crippen molar-refractivity contribution in [2.24, 2.45) is 33.5 Å². The number of carboxylic acids is 1. The second-order valence-corrected chi connectivity index (χ2v) is 11.1. The first-order valence-corrected chi connectivity index (χ1v) is 11.3. The molecule has 0 amide bonds. The number of rotatable bonds is 3. The van der Waals surface area contributed by atoms with Crippen LogP contribution in [0.5, 0.6) is 0 Å². The Bertz CT molecular complexity index is 797. The summed E-state index contributed by atoms with van der Waals surface area (Å²) in [6.07, 6.45) is 13.2. The van der Waals surface area contributed by atoms with Crippen molar-refractivity contribution in [1.29, 1.82) is 0 Å². The molecule has 0 aliphatic heterocycles. The molecule has 3 saturated carbocycles. The van der Waals surface area contributed by atoms with Crippen molar-refractivity contribution < 1.29 is 19.4 Å². The number of aliphatic carboxylic acids is 1. The molecular weight excluding hydrogens is 364 g/mol.